The van der Waals surface area contributed by atoms with Crippen LogP contribution >= 0.6 is 0 Å². The lowest BCUT2D eigenvalue weighted by molar-refractivity contribution is -0.137. The van der Waals surface area contributed by atoms with Crippen LogP contribution in [-0.2, 0) is 6.18 Å². The molecule has 1 aromatic carbocycles. The molecule has 3 aromatic rings. The Hall–Kier alpha value is -3.10. The van der Waals surface area contributed by atoms with Gasteiger partial charge in [0, 0.05) is 24.5 Å². The summed E-state index contributed by atoms with van der Waals surface area (Å²) in [6.45, 7) is 4.62. The molecule has 2 aromatic heterocycles. The molecule has 32 heavy (non-hydrogen) atoms. The van der Waals surface area contributed by atoms with Gasteiger partial charge < -0.3 is 14.6 Å². The fraction of sp³-hybridized carbons (Fsp3) is 0.435. The van der Waals surface area contributed by atoms with Gasteiger partial charge in [0.15, 0.2) is 0 Å². The first-order valence-corrected chi connectivity index (χ1v) is 10.6. The van der Waals surface area contributed by atoms with Gasteiger partial charge in [0.25, 0.3) is 5.91 Å². The van der Waals surface area contributed by atoms with Crippen LogP contribution in [0, 0.1) is 6.92 Å². The summed E-state index contributed by atoms with van der Waals surface area (Å²) >= 11 is 0. The molecule has 0 radical (unpaired) electrons. The second kappa shape index (κ2) is 7.21. The number of anilines is 1. The molecule has 1 saturated carbocycles. The Kier molecular flexibility index (Phi) is 4.69. The Morgan fingerprint density at radius 2 is 2.06 bits per heavy atom. The molecule has 0 bridgehead atoms. The quantitative estimate of drug-likeness (QED) is 0.603. The summed E-state index contributed by atoms with van der Waals surface area (Å²) in [5.41, 5.74) is 0.641. The molecule has 1 aliphatic carbocycles. The molecule has 1 atom stereocenters. The monoisotopic (exact) mass is 444 g/mol. The Balaban J connectivity index is 1.43. The summed E-state index contributed by atoms with van der Waals surface area (Å²) in [6.07, 6.45) is -0.347. The van der Waals surface area contributed by atoms with E-state index in [4.69, 9.17) is 4.42 Å². The van der Waals surface area contributed by atoms with Crippen molar-refractivity contribution in [1.29, 1.82) is 0 Å². The summed E-state index contributed by atoms with van der Waals surface area (Å²) < 4.78 is 45.1. The van der Waals surface area contributed by atoms with Crippen LogP contribution in [0.4, 0.5) is 19.0 Å². The molecule has 168 valence electrons. The number of halogens is 3. The van der Waals surface area contributed by atoms with E-state index in [1.54, 1.807) is 17.9 Å². The number of alkyl halides is 3. The number of furan rings is 1. The predicted octanol–water partition coefficient (Wildman–Crippen LogP) is 5.14. The van der Waals surface area contributed by atoms with Gasteiger partial charge >= 0.3 is 6.18 Å². The third-order valence-corrected chi connectivity index (χ3v) is 6.46. The molecular weight excluding hydrogens is 421 g/mol. The molecule has 1 unspecified atom stereocenters. The van der Waals surface area contributed by atoms with Crippen LogP contribution in [0.15, 0.2) is 35.0 Å². The highest BCUT2D eigenvalue weighted by Gasteiger charge is 2.39. The lowest BCUT2D eigenvalue weighted by Crippen LogP contribution is -2.29. The van der Waals surface area contributed by atoms with Gasteiger partial charge in [-0.05, 0) is 44.7 Å². The van der Waals surface area contributed by atoms with Crippen molar-refractivity contribution in [2.24, 2.45) is 0 Å². The number of nitrogens with one attached hydrogen (secondary N) is 1. The molecule has 6 nitrogen and oxygen atoms in total. The standard InChI is InChI=1S/C23H23F3N4O2/c1-13-17(18-19(29-22(2)7-8-22)27-12-28-20(18)32-13)21(31)30-9-6-15(11-30)14-4-3-5-16(10-14)23(24,25)26/h3-5,10,12,15H,6-9,11H2,1-2H3,(H,27,28,29). The van der Waals surface area contributed by atoms with Crippen LogP contribution in [-0.4, -0.2) is 39.4 Å². The molecule has 1 amide bonds. The number of carbonyl (C=O) groups excluding carboxylic acids is 1. The number of nitrogens with zero attached hydrogens (tertiary/aromatic N) is 3. The van der Waals surface area contributed by atoms with Crippen molar-refractivity contribution in [2.75, 3.05) is 18.4 Å². The average Bonchev–Trinajstić information content (AvgIpc) is 3.15. The van der Waals surface area contributed by atoms with E-state index >= 15 is 0 Å². The highest BCUT2D eigenvalue weighted by molar-refractivity contribution is 6.10. The lowest BCUT2D eigenvalue weighted by Gasteiger charge is -2.18. The Bertz CT molecular complexity index is 1200. The summed E-state index contributed by atoms with van der Waals surface area (Å²) in [5.74, 6) is 0.661. The van der Waals surface area contributed by atoms with Crippen LogP contribution in [0.5, 0.6) is 0 Å². The molecule has 1 saturated heterocycles. The van der Waals surface area contributed by atoms with Crippen LogP contribution in [0.1, 0.15) is 59.3 Å². The summed E-state index contributed by atoms with van der Waals surface area (Å²) in [4.78, 5) is 23.7. The summed E-state index contributed by atoms with van der Waals surface area (Å²) in [6, 6.07) is 5.36. The molecule has 1 aliphatic heterocycles. The Labute approximate surface area is 182 Å². The van der Waals surface area contributed by atoms with E-state index in [0.29, 0.717) is 53.3 Å². The minimum atomic E-state index is -4.39. The summed E-state index contributed by atoms with van der Waals surface area (Å²) in [7, 11) is 0. The number of aryl methyl sites for hydroxylation is 1. The van der Waals surface area contributed by atoms with Crippen molar-refractivity contribution >= 4 is 22.8 Å². The first-order chi connectivity index (χ1) is 15.1. The minimum absolute atomic E-state index is 0.0466. The number of hydrogen-bond donors (Lipinski definition) is 1. The molecular formula is C23H23F3N4O2. The number of likely N-dealkylation sites (tertiary alicyclic amines) is 1. The van der Waals surface area contributed by atoms with Crippen molar-refractivity contribution in [1.82, 2.24) is 14.9 Å². The zero-order valence-corrected chi connectivity index (χ0v) is 17.8. The number of carbonyl (C=O) groups is 1. The zero-order valence-electron chi connectivity index (χ0n) is 17.8. The number of rotatable bonds is 4. The number of aromatic nitrogens is 2. The largest absolute Gasteiger partial charge is 0.442 e. The van der Waals surface area contributed by atoms with Gasteiger partial charge in [0.2, 0.25) is 5.71 Å². The number of hydrogen-bond acceptors (Lipinski definition) is 5. The fourth-order valence-corrected chi connectivity index (χ4v) is 4.34. The maximum atomic E-state index is 13.5. The van der Waals surface area contributed by atoms with Crippen LogP contribution in [0.25, 0.3) is 11.1 Å². The molecule has 0 spiro atoms. The van der Waals surface area contributed by atoms with Gasteiger partial charge in [-0.3, -0.25) is 4.79 Å². The molecule has 5 rings (SSSR count). The number of fused-ring (bicyclic) bond motifs is 1. The lowest BCUT2D eigenvalue weighted by atomic mass is 9.96. The van der Waals surface area contributed by atoms with E-state index in [1.807, 2.05) is 0 Å². The third kappa shape index (κ3) is 3.69. The number of amides is 1. The van der Waals surface area contributed by atoms with E-state index in [9.17, 15) is 18.0 Å². The van der Waals surface area contributed by atoms with E-state index in [0.717, 1.165) is 18.9 Å². The smallest absolute Gasteiger partial charge is 0.416 e. The second-order valence-electron chi connectivity index (χ2n) is 8.98. The van der Waals surface area contributed by atoms with Crippen molar-refractivity contribution in [3.05, 3.63) is 53.0 Å². The van der Waals surface area contributed by atoms with E-state index in [2.05, 4.69) is 22.2 Å². The third-order valence-electron chi connectivity index (χ3n) is 6.46. The van der Waals surface area contributed by atoms with Gasteiger partial charge in [-0.15, -0.1) is 0 Å². The van der Waals surface area contributed by atoms with Crippen LogP contribution in [0.2, 0.25) is 0 Å². The average molecular weight is 444 g/mol. The molecule has 9 heteroatoms. The van der Waals surface area contributed by atoms with E-state index in [-0.39, 0.29) is 17.4 Å². The Morgan fingerprint density at radius 1 is 1.28 bits per heavy atom. The van der Waals surface area contributed by atoms with Gasteiger partial charge in [-0.1, -0.05) is 18.2 Å². The SMILES string of the molecule is Cc1oc2ncnc(NC3(C)CC3)c2c1C(=O)N1CCC(c2cccc(C(F)(F)F)c2)C1. The van der Waals surface area contributed by atoms with Crippen molar-refractivity contribution in [3.8, 4) is 0 Å². The number of benzene rings is 1. The van der Waals surface area contributed by atoms with E-state index in [1.165, 1.54) is 18.5 Å². The first kappa shape index (κ1) is 20.8. The van der Waals surface area contributed by atoms with Gasteiger partial charge in [0.1, 0.15) is 17.9 Å². The fourth-order valence-electron chi connectivity index (χ4n) is 4.34. The molecule has 2 aliphatic rings. The second-order valence-corrected chi connectivity index (χ2v) is 8.98. The maximum absolute atomic E-state index is 13.5. The first-order valence-electron chi connectivity index (χ1n) is 10.6. The molecule has 3 heterocycles. The van der Waals surface area contributed by atoms with Gasteiger partial charge in [-0.2, -0.15) is 13.2 Å². The van der Waals surface area contributed by atoms with Crippen LogP contribution in [0.3, 0.4) is 0 Å². The molecule has 2 fully saturated rings. The van der Waals surface area contributed by atoms with Crippen molar-refractivity contribution in [2.45, 2.75) is 50.7 Å². The van der Waals surface area contributed by atoms with E-state index < -0.39 is 11.7 Å². The predicted molar refractivity (Wildman–Crippen MR) is 113 cm³/mol. The zero-order chi connectivity index (χ0) is 22.7. The van der Waals surface area contributed by atoms with Gasteiger partial charge in [-0.25, -0.2) is 9.97 Å². The highest BCUT2D eigenvalue weighted by atomic mass is 19.4. The molecule has 1 N–H and O–H groups in total. The minimum Gasteiger partial charge on any atom is -0.442 e. The highest BCUT2D eigenvalue weighted by Crippen LogP contribution is 2.41. The normalized spacial score (nSPS) is 20.0. The van der Waals surface area contributed by atoms with Crippen molar-refractivity contribution in [3.63, 3.8) is 0 Å². The maximum Gasteiger partial charge on any atom is 0.416 e. The van der Waals surface area contributed by atoms with Crippen LogP contribution < -0.4 is 5.32 Å². The topological polar surface area (TPSA) is 71.3 Å². The Morgan fingerprint density at radius 3 is 2.78 bits per heavy atom. The summed E-state index contributed by atoms with van der Waals surface area (Å²) in [5, 5.41) is 3.96. The van der Waals surface area contributed by atoms with Gasteiger partial charge in [0.05, 0.1) is 16.5 Å². The van der Waals surface area contributed by atoms with Crippen molar-refractivity contribution < 1.29 is 22.4 Å².